The van der Waals surface area contributed by atoms with Crippen LogP contribution in [0.2, 0.25) is 0 Å². The van der Waals surface area contributed by atoms with E-state index in [9.17, 15) is 9.90 Å². The number of carbonyl (C=O) groups excluding carboxylic acids is 1. The number of rotatable bonds is 4. The molecule has 1 amide bonds. The minimum absolute atomic E-state index is 0.127. The molecule has 1 aromatic carbocycles. The van der Waals surface area contributed by atoms with E-state index in [-0.39, 0.29) is 17.2 Å². The summed E-state index contributed by atoms with van der Waals surface area (Å²) >= 11 is 5.09. The summed E-state index contributed by atoms with van der Waals surface area (Å²) in [6.07, 6.45) is 3.44. The largest absolute Gasteiger partial charge is 0.507 e. The van der Waals surface area contributed by atoms with Crippen LogP contribution < -0.4 is 15.8 Å². The highest BCUT2D eigenvalue weighted by Gasteiger charge is 2.38. The van der Waals surface area contributed by atoms with E-state index in [0.717, 1.165) is 25.7 Å². The number of methoxy groups -OCH3 is 1. The lowest BCUT2D eigenvalue weighted by Crippen LogP contribution is -2.54. The highest BCUT2D eigenvalue weighted by Crippen LogP contribution is 2.31. The molecule has 0 unspecified atom stereocenters. The molecule has 1 aliphatic rings. The Morgan fingerprint density at radius 3 is 2.60 bits per heavy atom. The lowest BCUT2D eigenvalue weighted by molar-refractivity contribution is 0.0921. The van der Waals surface area contributed by atoms with Crippen LogP contribution in [0.3, 0.4) is 0 Å². The number of ether oxygens (including phenoxy) is 1. The molecule has 2 rings (SSSR count). The molecule has 1 saturated carbocycles. The quantitative estimate of drug-likeness (QED) is 0.736. The van der Waals surface area contributed by atoms with Gasteiger partial charge in [0.2, 0.25) is 0 Å². The summed E-state index contributed by atoms with van der Waals surface area (Å²) in [7, 11) is 1.49. The fourth-order valence-electron chi connectivity index (χ4n) is 2.53. The van der Waals surface area contributed by atoms with Crippen molar-refractivity contribution < 1.29 is 14.6 Å². The van der Waals surface area contributed by atoms with Gasteiger partial charge in [0.25, 0.3) is 5.91 Å². The lowest BCUT2D eigenvalue weighted by atomic mass is 9.97. The van der Waals surface area contributed by atoms with Gasteiger partial charge >= 0.3 is 0 Å². The molecule has 0 heterocycles. The third kappa shape index (κ3) is 2.70. The lowest BCUT2D eigenvalue weighted by Gasteiger charge is -2.29. The van der Waals surface area contributed by atoms with Gasteiger partial charge in [0.05, 0.1) is 23.2 Å². The summed E-state index contributed by atoms with van der Waals surface area (Å²) in [5.74, 6) is -0.0123. The molecule has 0 bridgehead atoms. The first kappa shape index (κ1) is 14.6. The molecule has 1 aromatic rings. The summed E-state index contributed by atoms with van der Waals surface area (Å²) in [5, 5.41) is 12.8. The molecular formula is C14H18N2O3S. The highest BCUT2D eigenvalue weighted by molar-refractivity contribution is 7.80. The smallest absolute Gasteiger partial charge is 0.255 e. The number of nitrogens with one attached hydrogen (secondary N) is 1. The van der Waals surface area contributed by atoms with Crippen LogP contribution in [0.5, 0.6) is 11.5 Å². The van der Waals surface area contributed by atoms with Crippen LogP contribution in [-0.4, -0.2) is 28.7 Å². The molecule has 0 saturated heterocycles. The van der Waals surface area contributed by atoms with Crippen LogP contribution >= 0.6 is 12.2 Å². The Labute approximate surface area is 123 Å². The van der Waals surface area contributed by atoms with Crippen molar-refractivity contribution in [3.63, 3.8) is 0 Å². The average molecular weight is 294 g/mol. The van der Waals surface area contributed by atoms with Crippen LogP contribution in [0, 0.1) is 0 Å². The number of hydrogen-bond donors (Lipinski definition) is 3. The van der Waals surface area contributed by atoms with Crippen molar-refractivity contribution >= 4 is 23.1 Å². The molecule has 1 fully saturated rings. The van der Waals surface area contributed by atoms with Crippen LogP contribution in [0.1, 0.15) is 36.0 Å². The zero-order chi connectivity index (χ0) is 14.8. The zero-order valence-electron chi connectivity index (χ0n) is 11.3. The second kappa shape index (κ2) is 5.66. The first-order chi connectivity index (χ1) is 9.48. The Hall–Kier alpha value is -1.82. The van der Waals surface area contributed by atoms with Gasteiger partial charge in [0.15, 0.2) is 0 Å². The summed E-state index contributed by atoms with van der Waals surface area (Å²) in [5.41, 5.74) is 5.34. The van der Waals surface area contributed by atoms with E-state index in [4.69, 9.17) is 22.7 Å². The second-order valence-electron chi connectivity index (χ2n) is 4.99. The standard InChI is InChI=1S/C14H18N2O3S/c1-19-9-4-5-10(11(17)8-9)12(18)16-14(13(15)20)6-2-3-7-14/h4-5,8,17H,2-3,6-7H2,1H3,(H2,15,20)(H,16,18). The number of amides is 1. The number of aromatic hydroxyl groups is 1. The number of hydrogen-bond acceptors (Lipinski definition) is 4. The number of carbonyl (C=O) groups is 1. The summed E-state index contributed by atoms with van der Waals surface area (Å²) in [4.78, 5) is 12.6. The Kier molecular flexibility index (Phi) is 4.13. The fraction of sp³-hybridized carbons (Fsp3) is 0.429. The van der Waals surface area contributed by atoms with E-state index >= 15 is 0 Å². The van der Waals surface area contributed by atoms with Gasteiger partial charge < -0.3 is 20.9 Å². The van der Waals surface area contributed by atoms with Crippen LogP contribution in [0.4, 0.5) is 0 Å². The molecule has 108 valence electrons. The third-order valence-corrected chi connectivity index (χ3v) is 4.12. The zero-order valence-corrected chi connectivity index (χ0v) is 12.1. The Balaban J connectivity index is 2.21. The minimum Gasteiger partial charge on any atom is -0.507 e. The van der Waals surface area contributed by atoms with Crippen LogP contribution in [0.15, 0.2) is 18.2 Å². The SMILES string of the molecule is COc1ccc(C(=O)NC2(C(N)=S)CCCC2)c(O)c1. The number of phenols is 1. The number of benzene rings is 1. The maximum Gasteiger partial charge on any atom is 0.255 e. The predicted molar refractivity (Wildman–Crippen MR) is 80.1 cm³/mol. The normalized spacial score (nSPS) is 16.6. The van der Waals surface area contributed by atoms with Crippen LogP contribution in [-0.2, 0) is 0 Å². The first-order valence-electron chi connectivity index (χ1n) is 6.48. The predicted octanol–water partition coefficient (Wildman–Crippen LogP) is 1.73. The van der Waals surface area contributed by atoms with Crippen molar-refractivity contribution in [3.05, 3.63) is 23.8 Å². The van der Waals surface area contributed by atoms with Crippen molar-refractivity contribution in [2.45, 2.75) is 31.2 Å². The number of phenolic OH excluding ortho intramolecular Hbond substituents is 1. The van der Waals surface area contributed by atoms with Gasteiger partial charge in [-0.2, -0.15) is 0 Å². The van der Waals surface area contributed by atoms with E-state index in [1.165, 1.54) is 19.2 Å². The van der Waals surface area contributed by atoms with E-state index in [0.29, 0.717) is 10.7 Å². The van der Waals surface area contributed by atoms with Crippen molar-refractivity contribution in [2.24, 2.45) is 5.73 Å². The number of thiocarbonyl (C=S) groups is 1. The fourth-order valence-corrected chi connectivity index (χ4v) is 2.78. The number of nitrogens with two attached hydrogens (primary N) is 1. The van der Waals surface area contributed by atoms with Gasteiger partial charge in [-0.05, 0) is 25.0 Å². The maximum absolute atomic E-state index is 12.3. The van der Waals surface area contributed by atoms with Gasteiger partial charge in [-0.3, -0.25) is 4.79 Å². The van der Waals surface area contributed by atoms with Crippen LogP contribution in [0.25, 0.3) is 0 Å². The molecule has 6 heteroatoms. The van der Waals surface area contributed by atoms with Crippen molar-refractivity contribution in [1.29, 1.82) is 0 Å². The highest BCUT2D eigenvalue weighted by atomic mass is 32.1. The van der Waals surface area contributed by atoms with Gasteiger partial charge in [0, 0.05) is 6.07 Å². The molecule has 20 heavy (non-hydrogen) atoms. The second-order valence-corrected chi connectivity index (χ2v) is 5.43. The van der Waals surface area contributed by atoms with E-state index in [1.54, 1.807) is 6.07 Å². The molecule has 4 N–H and O–H groups in total. The molecule has 0 spiro atoms. The topological polar surface area (TPSA) is 84.6 Å². The Morgan fingerprint density at radius 1 is 1.45 bits per heavy atom. The van der Waals surface area contributed by atoms with Gasteiger partial charge in [-0.25, -0.2) is 0 Å². The maximum atomic E-state index is 12.3. The van der Waals surface area contributed by atoms with Gasteiger partial charge in [-0.15, -0.1) is 0 Å². The minimum atomic E-state index is -0.626. The van der Waals surface area contributed by atoms with Crippen molar-refractivity contribution in [1.82, 2.24) is 5.32 Å². The van der Waals surface area contributed by atoms with E-state index in [1.807, 2.05) is 0 Å². The Bertz CT molecular complexity index is 539. The molecular weight excluding hydrogens is 276 g/mol. The molecule has 0 radical (unpaired) electrons. The summed E-state index contributed by atoms with van der Waals surface area (Å²) in [6, 6.07) is 4.54. The molecule has 5 nitrogen and oxygen atoms in total. The molecule has 1 aliphatic carbocycles. The van der Waals surface area contributed by atoms with Gasteiger partial charge in [0.1, 0.15) is 11.5 Å². The third-order valence-electron chi connectivity index (χ3n) is 3.73. The Morgan fingerprint density at radius 2 is 2.10 bits per heavy atom. The monoisotopic (exact) mass is 294 g/mol. The molecule has 0 aromatic heterocycles. The summed E-state index contributed by atoms with van der Waals surface area (Å²) in [6.45, 7) is 0. The van der Waals surface area contributed by atoms with Crippen molar-refractivity contribution in [3.8, 4) is 11.5 Å². The molecule has 0 aliphatic heterocycles. The first-order valence-corrected chi connectivity index (χ1v) is 6.89. The van der Waals surface area contributed by atoms with E-state index in [2.05, 4.69) is 5.32 Å². The van der Waals surface area contributed by atoms with E-state index < -0.39 is 5.54 Å². The average Bonchev–Trinajstić information content (AvgIpc) is 2.88. The van der Waals surface area contributed by atoms with Crippen molar-refractivity contribution in [2.75, 3.05) is 7.11 Å². The summed E-state index contributed by atoms with van der Waals surface area (Å²) < 4.78 is 4.99. The molecule has 0 atom stereocenters. The van der Waals surface area contributed by atoms with Gasteiger partial charge in [-0.1, -0.05) is 25.1 Å².